The lowest BCUT2D eigenvalue weighted by atomic mass is 10.1. The molecule has 0 saturated carbocycles. The summed E-state index contributed by atoms with van der Waals surface area (Å²) in [5.41, 5.74) is 0.134. The lowest BCUT2D eigenvalue weighted by Crippen LogP contribution is -2.16. The lowest BCUT2D eigenvalue weighted by molar-refractivity contribution is -0.142. The van der Waals surface area contributed by atoms with Crippen LogP contribution in [-0.4, -0.2) is 38.5 Å². The second kappa shape index (κ2) is 8.81. The molecular weight excluding hydrogens is 453 g/mol. The number of fused-ring (bicyclic) bond motifs is 1. The van der Waals surface area contributed by atoms with E-state index in [4.69, 9.17) is 4.74 Å². The maximum absolute atomic E-state index is 13.8. The molecule has 0 bridgehead atoms. The van der Waals surface area contributed by atoms with Crippen LogP contribution in [0.5, 0.6) is 5.75 Å². The molecule has 0 aliphatic heterocycles. The quantitative estimate of drug-likeness (QED) is 0.456. The number of benzene rings is 2. The molecule has 2 N–H and O–H groups in total. The van der Waals surface area contributed by atoms with Gasteiger partial charge in [-0.05, 0) is 54.6 Å². The molecule has 2 amide bonds. The number of hydrogen-bond acceptors (Lipinski definition) is 6. The van der Waals surface area contributed by atoms with E-state index in [1.54, 1.807) is 36.4 Å². The predicted octanol–water partition coefficient (Wildman–Crippen LogP) is 4.03. The van der Waals surface area contributed by atoms with Gasteiger partial charge < -0.3 is 15.4 Å². The van der Waals surface area contributed by atoms with Gasteiger partial charge in [0.25, 0.3) is 11.7 Å². The molecule has 0 atom stereocenters. The Kier molecular flexibility index (Phi) is 5.88. The molecule has 9 nitrogen and oxygen atoms in total. The van der Waals surface area contributed by atoms with Crippen molar-refractivity contribution in [3.63, 3.8) is 0 Å². The number of nitrogens with one attached hydrogen (secondary N) is 2. The molecule has 4 rings (SSSR count). The molecule has 174 valence electrons. The highest BCUT2D eigenvalue weighted by molar-refractivity contribution is 6.02. The van der Waals surface area contributed by atoms with Gasteiger partial charge in [0.1, 0.15) is 5.75 Å². The first-order valence-corrected chi connectivity index (χ1v) is 9.82. The Morgan fingerprint density at radius 2 is 1.56 bits per heavy atom. The average Bonchev–Trinajstić information content (AvgIpc) is 3.23. The van der Waals surface area contributed by atoms with E-state index in [9.17, 15) is 22.8 Å². The van der Waals surface area contributed by atoms with E-state index in [-0.39, 0.29) is 17.4 Å². The normalized spacial score (nSPS) is 11.3. The Bertz CT molecular complexity index is 1370. The summed E-state index contributed by atoms with van der Waals surface area (Å²) in [5, 5.41) is 8.81. The lowest BCUT2D eigenvalue weighted by Gasteiger charge is -2.10. The van der Waals surface area contributed by atoms with Crippen LogP contribution in [0, 0.1) is 0 Å². The summed E-state index contributed by atoms with van der Waals surface area (Å²) in [4.78, 5) is 31.7. The van der Waals surface area contributed by atoms with Crippen LogP contribution in [-0.2, 0) is 11.0 Å². The predicted molar refractivity (Wildman–Crippen MR) is 116 cm³/mol. The Morgan fingerprint density at radius 3 is 2.12 bits per heavy atom. The average molecular weight is 470 g/mol. The van der Waals surface area contributed by atoms with Gasteiger partial charge in [-0.25, -0.2) is 4.98 Å². The number of carbonyl (C=O) groups excluding carboxylic acids is 2. The molecular formula is C22H17F3N6O3. The van der Waals surface area contributed by atoms with E-state index in [1.807, 2.05) is 0 Å². The second-order valence-electron chi connectivity index (χ2n) is 7.11. The maximum atomic E-state index is 13.8. The van der Waals surface area contributed by atoms with Gasteiger partial charge in [0.15, 0.2) is 5.69 Å². The topological polar surface area (TPSA) is 111 Å². The Labute approximate surface area is 190 Å². The number of carbonyl (C=O) groups is 2. The van der Waals surface area contributed by atoms with Gasteiger partial charge in [-0.1, -0.05) is 0 Å². The molecule has 0 spiro atoms. The highest BCUT2D eigenvalue weighted by Crippen LogP contribution is 2.32. The van der Waals surface area contributed by atoms with Crippen molar-refractivity contribution in [3.8, 4) is 17.0 Å². The van der Waals surface area contributed by atoms with Crippen molar-refractivity contribution in [2.45, 2.75) is 13.1 Å². The van der Waals surface area contributed by atoms with E-state index in [0.717, 1.165) is 6.07 Å². The Balaban J connectivity index is 1.67. The van der Waals surface area contributed by atoms with Crippen LogP contribution in [0.1, 0.15) is 23.2 Å². The number of aromatic nitrogens is 4. The van der Waals surface area contributed by atoms with Crippen LogP contribution in [0.15, 0.2) is 54.6 Å². The van der Waals surface area contributed by atoms with Crippen LogP contribution >= 0.6 is 0 Å². The van der Waals surface area contributed by atoms with Crippen LogP contribution in [0.4, 0.5) is 24.5 Å². The first-order valence-electron chi connectivity index (χ1n) is 9.82. The van der Waals surface area contributed by atoms with Gasteiger partial charge >= 0.3 is 6.18 Å². The third-order valence-electron chi connectivity index (χ3n) is 4.65. The van der Waals surface area contributed by atoms with Gasteiger partial charge in [0, 0.05) is 23.9 Å². The molecule has 4 aromatic rings. The summed E-state index contributed by atoms with van der Waals surface area (Å²) >= 11 is 0. The smallest absolute Gasteiger partial charge is 0.433 e. The molecule has 0 saturated heterocycles. The van der Waals surface area contributed by atoms with E-state index in [1.165, 1.54) is 26.2 Å². The van der Waals surface area contributed by atoms with Crippen molar-refractivity contribution in [2.24, 2.45) is 0 Å². The number of halogens is 3. The number of rotatable bonds is 5. The molecule has 0 radical (unpaired) electrons. The SMILES string of the molecule is COc1ccc(-c2cc(C(F)(F)F)n3nc(C(=O)Nc4ccc(NC(C)=O)cc4)nc3n2)cc1. The largest absolute Gasteiger partial charge is 0.497 e. The van der Waals surface area contributed by atoms with E-state index < -0.39 is 23.6 Å². The molecule has 12 heteroatoms. The summed E-state index contributed by atoms with van der Waals surface area (Å²) < 4.78 is 46.8. The number of alkyl halides is 3. The van der Waals surface area contributed by atoms with Crippen LogP contribution < -0.4 is 15.4 Å². The van der Waals surface area contributed by atoms with Crippen molar-refractivity contribution in [1.82, 2.24) is 19.6 Å². The minimum absolute atomic E-state index is 0.00963. The zero-order valence-electron chi connectivity index (χ0n) is 17.8. The fourth-order valence-corrected chi connectivity index (χ4v) is 3.10. The Hall–Kier alpha value is -4.48. The number of amides is 2. The number of ether oxygens (including phenoxy) is 1. The first-order chi connectivity index (χ1) is 16.1. The van der Waals surface area contributed by atoms with Gasteiger partial charge in [0.2, 0.25) is 11.7 Å². The van der Waals surface area contributed by atoms with Crippen LogP contribution in [0.3, 0.4) is 0 Å². The first kappa shape index (κ1) is 22.7. The molecule has 2 heterocycles. The number of anilines is 2. The van der Waals surface area contributed by atoms with Crippen molar-refractivity contribution in [2.75, 3.05) is 17.7 Å². The highest BCUT2D eigenvalue weighted by Gasteiger charge is 2.36. The van der Waals surface area contributed by atoms with Gasteiger partial charge in [-0.3, -0.25) is 9.59 Å². The maximum Gasteiger partial charge on any atom is 0.433 e. The molecule has 34 heavy (non-hydrogen) atoms. The van der Waals surface area contributed by atoms with E-state index >= 15 is 0 Å². The zero-order chi connectivity index (χ0) is 24.5. The van der Waals surface area contributed by atoms with Crippen LogP contribution in [0.2, 0.25) is 0 Å². The summed E-state index contributed by atoms with van der Waals surface area (Å²) in [6.45, 7) is 1.36. The number of hydrogen-bond donors (Lipinski definition) is 2. The summed E-state index contributed by atoms with van der Waals surface area (Å²) in [6.07, 6.45) is -4.77. The molecule has 0 aliphatic rings. The van der Waals surface area contributed by atoms with Crippen LogP contribution in [0.25, 0.3) is 17.0 Å². The minimum atomic E-state index is -4.77. The standard InChI is InChI=1S/C22H17F3N6O3/c1-12(32)26-14-5-7-15(8-6-14)27-20(33)19-29-21-28-17(13-3-9-16(34-2)10-4-13)11-18(22(23,24)25)31(21)30-19/h3-11H,1-2H3,(H,26,32)(H,27,33). The highest BCUT2D eigenvalue weighted by atomic mass is 19.4. The third-order valence-corrected chi connectivity index (χ3v) is 4.65. The molecule has 2 aromatic heterocycles. The van der Waals surface area contributed by atoms with Crippen molar-refractivity contribution < 1.29 is 27.5 Å². The summed E-state index contributed by atoms with van der Waals surface area (Å²) in [7, 11) is 1.47. The molecule has 0 unspecified atom stereocenters. The zero-order valence-corrected chi connectivity index (χ0v) is 17.8. The minimum Gasteiger partial charge on any atom is -0.497 e. The Morgan fingerprint density at radius 1 is 0.941 bits per heavy atom. The summed E-state index contributed by atoms with van der Waals surface area (Å²) in [5.74, 6) is -1.42. The van der Waals surface area contributed by atoms with E-state index in [0.29, 0.717) is 27.2 Å². The van der Waals surface area contributed by atoms with Gasteiger partial charge in [0.05, 0.1) is 12.8 Å². The fraction of sp³-hybridized carbons (Fsp3) is 0.136. The van der Waals surface area contributed by atoms with Crippen molar-refractivity contribution in [1.29, 1.82) is 0 Å². The van der Waals surface area contributed by atoms with E-state index in [2.05, 4.69) is 25.7 Å². The molecule has 0 fully saturated rings. The number of methoxy groups -OCH3 is 1. The number of nitrogens with zero attached hydrogens (tertiary/aromatic N) is 4. The third kappa shape index (κ3) is 4.80. The van der Waals surface area contributed by atoms with Crippen molar-refractivity contribution >= 4 is 29.0 Å². The second-order valence-corrected chi connectivity index (χ2v) is 7.11. The fourth-order valence-electron chi connectivity index (χ4n) is 3.10. The van der Waals surface area contributed by atoms with Gasteiger partial charge in [-0.15, -0.1) is 5.10 Å². The molecule has 2 aromatic carbocycles. The summed E-state index contributed by atoms with van der Waals surface area (Å²) in [6, 6.07) is 13.3. The molecule has 0 aliphatic carbocycles. The van der Waals surface area contributed by atoms with Gasteiger partial charge in [-0.2, -0.15) is 22.7 Å². The van der Waals surface area contributed by atoms with Crippen molar-refractivity contribution in [3.05, 3.63) is 66.1 Å². The monoisotopic (exact) mass is 470 g/mol.